The lowest BCUT2D eigenvalue weighted by molar-refractivity contribution is 0.121. The minimum atomic E-state index is 0.736. The Balaban J connectivity index is 2.14. The van der Waals surface area contributed by atoms with Gasteiger partial charge in [0.1, 0.15) is 0 Å². The van der Waals surface area contributed by atoms with Gasteiger partial charge in [0.15, 0.2) is 0 Å². The summed E-state index contributed by atoms with van der Waals surface area (Å²) in [5.74, 6) is 1.65. The molecule has 0 aromatic rings. The fourth-order valence-electron chi connectivity index (χ4n) is 2.79. The SMILES string of the molecule is CC(C)CCCCNC1CC(C)N(C)CC1C. The molecule has 0 aliphatic carbocycles. The largest absolute Gasteiger partial charge is 0.314 e. The van der Waals surface area contributed by atoms with E-state index < -0.39 is 0 Å². The third-order valence-electron chi connectivity index (χ3n) is 4.23. The topological polar surface area (TPSA) is 15.3 Å². The van der Waals surface area contributed by atoms with Crippen LogP contribution in [0, 0.1) is 11.8 Å². The van der Waals surface area contributed by atoms with Crippen LogP contribution in [0.25, 0.3) is 0 Å². The second-order valence-corrected chi connectivity index (χ2v) is 6.45. The van der Waals surface area contributed by atoms with Crippen LogP contribution in [0.1, 0.15) is 53.4 Å². The van der Waals surface area contributed by atoms with Crippen LogP contribution >= 0.6 is 0 Å². The lowest BCUT2D eigenvalue weighted by Gasteiger charge is -2.40. The van der Waals surface area contributed by atoms with E-state index >= 15 is 0 Å². The Bertz CT molecular complexity index is 203. The molecule has 1 fully saturated rings. The zero-order valence-corrected chi connectivity index (χ0v) is 12.5. The Kier molecular flexibility index (Phi) is 6.50. The number of unbranched alkanes of at least 4 members (excludes halogenated alkanes) is 1. The van der Waals surface area contributed by atoms with Crippen LogP contribution in [-0.4, -0.2) is 37.1 Å². The maximum Gasteiger partial charge on any atom is 0.0120 e. The van der Waals surface area contributed by atoms with Gasteiger partial charge >= 0.3 is 0 Å². The fourth-order valence-corrected chi connectivity index (χ4v) is 2.79. The van der Waals surface area contributed by atoms with E-state index in [1.807, 2.05) is 0 Å². The van der Waals surface area contributed by atoms with Gasteiger partial charge in [-0.1, -0.05) is 33.6 Å². The summed E-state index contributed by atoms with van der Waals surface area (Å²) in [6, 6.07) is 1.47. The first-order valence-electron chi connectivity index (χ1n) is 7.44. The molecule has 2 heteroatoms. The van der Waals surface area contributed by atoms with E-state index in [0.717, 1.165) is 23.9 Å². The molecule has 3 atom stereocenters. The third-order valence-corrected chi connectivity index (χ3v) is 4.23. The molecule has 1 aliphatic rings. The second kappa shape index (κ2) is 7.38. The van der Waals surface area contributed by atoms with Gasteiger partial charge in [0.25, 0.3) is 0 Å². The van der Waals surface area contributed by atoms with Crippen molar-refractivity contribution in [3.63, 3.8) is 0 Å². The van der Waals surface area contributed by atoms with Crippen LogP contribution in [0.4, 0.5) is 0 Å². The number of hydrogen-bond acceptors (Lipinski definition) is 2. The molecule has 1 aliphatic heterocycles. The molecule has 1 rings (SSSR count). The van der Waals surface area contributed by atoms with Crippen molar-refractivity contribution in [2.45, 2.75) is 65.5 Å². The fraction of sp³-hybridized carbons (Fsp3) is 1.00. The van der Waals surface area contributed by atoms with Gasteiger partial charge in [-0.15, -0.1) is 0 Å². The lowest BCUT2D eigenvalue weighted by Crippen LogP contribution is -2.51. The van der Waals surface area contributed by atoms with E-state index in [0.29, 0.717) is 0 Å². The average Bonchev–Trinajstić information content (AvgIpc) is 2.24. The number of nitrogens with one attached hydrogen (secondary N) is 1. The van der Waals surface area contributed by atoms with E-state index in [2.05, 4.69) is 45.0 Å². The highest BCUT2D eigenvalue weighted by Crippen LogP contribution is 2.20. The van der Waals surface area contributed by atoms with Crippen molar-refractivity contribution in [1.29, 1.82) is 0 Å². The number of likely N-dealkylation sites (tertiary alicyclic amines) is 1. The summed E-state index contributed by atoms with van der Waals surface area (Å²) in [4.78, 5) is 2.49. The summed E-state index contributed by atoms with van der Waals surface area (Å²) >= 11 is 0. The standard InChI is InChI=1S/C15H32N2/c1-12(2)8-6-7-9-16-15-10-14(4)17(5)11-13(15)3/h12-16H,6-11H2,1-5H3. The highest BCUT2D eigenvalue weighted by atomic mass is 15.2. The molecular weight excluding hydrogens is 208 g/mol. The van der Waals surface area contributed by atoms with Gasteiger partial charge in [0.05, 0.1) is 0 Å². The van der Waals surface area contributed by atoms with Crippen molar-refractivity contribution in [1.82, 2.24) is 10.2 Å². The predicted molar refractivity (Wildman–Crippen MR) is 76.4 cm³/mol. The van der Waals surface area contributed by atoms with Gasteiger partial charge in [-0.05, 0) is 45.2 Å². The van der Waals surface area contributed by atoms with E-state index in [1.54, 1.807) is 0 Å². The van der Waals surface area contributed by atoms with E-state index in [1.165, 1.54) is 38.8 Å². The average molecular weight is 240 g/mol. The van der Waals surface area contributed by atoms with E-state index in [4.69, 9.17) is 0 Å². The van der Waals surface area contributed by atoms with Gasteiger partial charge in [0.2, 0.25) is 0 Å². The molecule has 1 heterocycles. The summed E-state index contributed by atoms with van der Waals surface area (Å²) in [6.07, 6.45) is 5.40. The Morgan fingerprint density at radius 3 is 2.59 bits per heavy atom. The molecule has 0 saturated carbocycles. The predicted octanol–water partition coefficient (Wildman–Crippen LogP) is 3.13. The number of nitrogens with zero attached hydrogens (tertiary/aromatic N) is 1. The molecule has 0 amide bonds. The highest BCUT2D eigenvalue weighted by Gasteiger charge is 2.27. The molecule has 0 aromatic heterocycles. The molecule has 1 N–H and O–H groups in total. The van der Waals surface area contributed by atoms with Crippen LogP contribution in [-0.2, 0) is 0 Å². The molecule has 2 nitrogen and oxygen atoms in total. The van der Waals surface area contributed by atoms with Crippen LogP contribution in [0.5, 0.6) is 0 Å². The van der Waals surface area contributed by atoms with Gasteiger partial charge in [-0.3, -0.25) is 0 Å². The summed E-state index contributed by atoms with van der Waals surface area (Å²) in [5, 5.41) is 3.77. The molecular formula is C15H32N2. The Morgan fingerprint density at radius 2 is 1.94 bits per heavy atom. The van der Waals surface area contributed by atoms with Crippen LogP contribution in [0.2, 0.25) is 0 Å². The number of rotatable bonds is 6. The summed E-state index contributed by atoms with van der Waals surface area (Å²) in [6.45, 7) is 11.8. The first-order valence-corrected chi connectivity index (χ1v) is 7.44. The minimum absolute atomic E-state index is 0.736. The van der Waals surface area contributed by atoms with Gasteiger partial charge in [-0.25, -0.2) is 0 Å². The molecule has 1 saturated heterocycles. The zero-order valence-electron chi connectivity index (χ0n) is 12.5. The second-order valence-electron chi connectivity index (χ2n) is 6.45. The smallest absolute Gasteiger partial charge is 0.0120 e. The Morgan fingerprint density at radius 1 is 1.24 bits per heavy atom. The normalized spacial score (nSPS) is 31.1. The van der Waals surface area contributed by atoms with Crippen LogP contribution < -0.4 is 5.32 Å². The van der Waals surface area contributed by atoms with Gasteiger partial charge in [-0.2, -0.15) is 0 Å². The number of hydrogen-bond donors (Lipinski definition) is 1. The van der Waals surface area contributed by atoms with Crippen LogP contribution in [0.15, 0.2) is 0 Å². The molecule has 3 unspecified atom stereocenters. The highest BCUT2D eigenvalue weighted by molar-refractivity contribution is 4.85. The summed E-state index contributed by atoms with van der Waals surface area (Å²) < 4.78 is 0. The monoisotopic (exact) mass is 240 g/mol. The maximum atomic E-state index is 3.77. The minimum Gasteiger partial charge on any atom is -0.314 e. The molecule has 0 bridgehead atoms. The molecule has 0 radical (unpaired) electrons. The van der Waals surface area contributed by atoms with Crippen molar-refractivity contribution in [3.05, 3.63) is 0 Å². The van der Waals surface area contributed by atoms with Crippen molar-refractivity contribution in [3.8, 4) is 0 Å². The van der Waals surface area contributed by atoms with Crippen molar-refractivity contribution in [2.24, 2.45) is 11.8 Å². The Labute approximate surface area is 108 Å². The zero-order chi connectivity index (χ0) is 12.8. The van der Waals surface area contributed by atoms with Crippen LogP contribution in [0.3, 0.4) is 0 Å². The lowest BCUT2D eigenvalue weighted by atomic mass is 9.90. The number of piperidine rings is 1. The van der Waals surface area contributed by atoms with Crippen molar-refractivity contribution >= 4 is 0 Å². The van der Waals surface area contributed by atoms with Crippen molar-refractivity contribution < 1.29 is 0 Å². The molecule has 0 aromatic carbocycles. The van der Waals surface area contributed by atoms with E-state index in [9.17, 15) is 0 Å². The molecule has 102 valence electrons. The quantitative estimate of drug-likeness (QED) is 0.718. The van der Waals surface area contributed by atoms with Gasteiger partial charge in [0, 0.05) is 18.6 Å². The Hall–Kier alpha value is -0.0800. The van der Waals surface area contributed by atoms with Gasteiger partial charge < -0.3 is 10.2 Å². The van der Waals surface area contributed by atoms with E-state index in [-0.39, 0.29) is 0 Å². The maximum absolute atomic E-state index is 3.77. The summed E-state index contributed by atoms with van der Waals surface area (Å²) in [5.41, 5.74) is 0. The van der Waals surface area contributed by atoms with Crippen molar-refractivity contribution in [2.75, 3.05) is 20.1 Å². The molecule has 0 spiro atoms. The first-order chi connectivity index (χ1) is 8.00. The summed E-state index contributed by atoms with van der Waals surface area (Å²) in [7, 11) is 2.25. The first kappa shape index (κ1) is 15.0. The third kappa shape index (κ3) is 5.39. The molecule has 17 heavy (non-hydrogen) atoms.